The maximum Gasteiger partial charge on any atom is 0.253 e. The highest BCUT2D eigenvalue weighted by Gasteiger charge is 2.17. The Kier molecular flexibility index (Phi) is 5.54. The lowest BCUT2D eigenvalue weighted by molar-refractivity contribution is -0.121. The van der Waals surface area contributed by atoms with Crippen LogP contribution in [0.2, 0.25) is 0 Å². The smallest absolute Gasteiger partial charge is 0.253 e. The highest BCUT2D eigenvalue weighted by atomic mass is 32.1. The van der Waals surface area contributed by atoms with Gasteiger partial charge in [-0.3, -0.25) is 14.2 Å². The van der Waals surface area contributed by atoms with Gasteiger partial charge in [-0.2, -0.15) is 0 Å². The second kappa shape index (κ2) is 7.41. The Balaban J connectivity index is 2.01. The highest BCUT2D eigenvalue weighted by molar-refractivity contribution is 7.12. The molecule has 0 aliphatic carbocycles. The number of hydrogen-bond donors (Lipinski definition) is 2. The molecule has 2 aromatic heterocycles. The number of carbonyl (C=O) groups is 2. The summed E-state index contributed by atoms with van der Waals surface area (Å²) in [4.78, 5) is 28.2. The molecular weight excluding hydrogens is 312 g/mol. The van der Waals surface area contributed by atoms with Gasteiger partial charge in [-0.15, -0.1) is 11.3 Å². The van der Waals surface area contributed by atoms with Gasteiger partial charge in [0, 0.05) is 42.0 Å². The third kappa shape index (κ3) is 4.19. The fourth-order valence-corrected chi connectivity index (χ4v) is 3.14. The summed E-state index contributed by atoms with van der Waals surface area (Å²) in [5.74, 6) is -0.230. The van der Waals surface area contributed by atoms with Crippen molar-refractivity contribution >= 4 is 23.2 Å². The Morgan fingerprint density at radius 3 is 2.70 bits per heavy atom. The van der Waals surface area contributed by atoms with E-state index in [1.807, 2.05) is 43.7 Å². The molecule has 0 fully saturated rings. The molecule has 0 spiro atoms. The van der Waals surface area contributed by atoms with E-state index in [9.17, 15) is 9.59 Å². The molecule has 2 amide bonds. The van der Waals surface area contributed by atoms with Crippen LogP contribution >= 0.6 is 11.3 Å². The van der Waals surface area contributed by atoms with Crippen molar-refractivity contribution in [3.05, 3.63) is 34.6 Å². The molecule has 0 aromatic carbocycles. The first-order valence-electron chi connectivity index (χ1n) is 7.56. The van der Waals surface area contributed by atoms with Crippen molar-refractivity contribution < 1.29 is 9.59 Å². The van der Waals surface area contributed by atoms with E-state index in [0.717, 1.165) is 16.5 Å². The van der Waals surface area contributed by atoms with Gasteiger partial charge in [0.2, 0.25) is 5.91 Å². The van der Waals surface area contributed by atoms with Crippen molar-refractivity contribution in [3.63, 3.8) is 0 Å². The number of carbonyl (C=O) groups excluding carboxylic acids is 2. The molecule has 0 saturated carbocycles. The summed E-state index contributed by atoms with van der Waals surface area (Å²) >= 11 is 1.52. The minimum absolute atomic E-state index is 0.0615. The van der Waals surface area contributed by atoms with Crippen molar-refractivity contribution in [2.45, 2.75) is 40.2 Å². The van der Waals surface area contributed by atoms with Crippen LogP contribution in [-0.2, 0) is 4.79 Å². The van der Waals surface area contributed by atoms with Gasteiger partial charge in [0.05, 0.1) is 5.56 Å². The summed E-state index contributed by atoms with van der Waals surface area (Å²) in [7, 11) is 0. The Labute approximate surface area is 139 Å². The van der Waals surface area contributed by atoms with Crippen LogP contribution in [0.15, 0.2) is 17.6 Å². The van der Waals surface area contributed by atoms with Crippen molar-refractivity contribution in [2.24, 2.45) is 0 Å². The summed E-state index contributed by atoms with van der Waals surface area (Å²) in [6.07, 6.45) is 2.01. The maximum atomic E-state index is 12.3. The van der Waals surface area contributed by atoms with E-state index in [4.69, 9.17) is 0 Å². The standard InChI is InChI=1S/C16H22N4O2S/c1-10(2)19-14(21)5-6-17-15(22)13-9-11(3)20(12(13)4)16-18-7-8-23-16/h7-10H,5-6H2,1-4H3,(H,17,22)(H,19,21). The van der Waals surface area contributed by atoms with Crippen molar-refractivity contribution in [3.8, 4) is 5.13 Å². The normalized spacial score (nSPS) is 10.8. The third-order valence-corrected chi connectivity index (χ3v) is 4.13. The summed E-state index contributed by atoms with van der Waals surface area (Å²) in [5.41, 5.74) is 2.42. The first kappa shape index (κ1) is 17.2. The quantitative estimate of drug-likeness (QED) is 0.850. The Morgan fingerprint density at radius 1 is 1.35 bits per heavy atom. The molecule has 2 rings (SSSR count). The molecule has 23 heavy (non-hydrogen) atoms. The maximum absolute atomic E-state index is 12.3. The van der Waals surface area contributed by atoms with Gasteiger partial charge in [-0.25, -0.2) is 4.98 Å². The zero-order valence-electron chi connectivity index (χ0n) is 13.8. The van der Waals surface area contributed by atoms with Crippen molar-refractivity contribution in [1.29, 1.82) is 0 Å². The molecule has 7 heteroatoms. The minimum Gasteiger partial charge on any atom is -0.354 e. The molecule has 2 aromatic rings. The molecule has 0 saturated heterocycles. The van der Waals surface area contributed by atoms with Gasteiger partial charge in [0.15, 0.2) is 5.13 Å². The number of nitrogens with one attached hydrogen (secondary N) is 2. The van der Waals surface area contributed by atoms with Gasteiger partial charge < -0.3 is 10.6 Å². The van der Waals surface area contributed by atoms with Gasteiger partial charge in [-0.05, 0) is 33.8 Å². The summed E-state index contributed by atoms with van der Waals surface area (Å²) < 4.78 is 1.96. The number of nitrogens with zero attached hydrogens (tertiary/aromatic N) is 2. The minimum atomic E-state index is -0.168. The van der Waals surface area contributed by atoms with Crippen molar-refractivity contribution in [2.75, 3.05) is 6.54 Å². The zero-order valence-corrected chi connectivity index (χ0v) is 14.7. The van der Waals surface area contributed by atoms with Crippen LogP contribution in [0.3, 0.4) is 0 Å². The van der Waals surface area contributed by atoms with Crippen LogP contribution < -0.4 is 10.6 Å². The van der Waals surface area contributed by atoms with Gasteiger partial charge >= 0.3 is 0 Å². The van der Waals surface area contributed by atoms with Crippen LogP contribution in [0.25, 0.3) is 5.13 Å². The molecule has 0 aliphatic heterocycles. The second-order valence-corrected chi connectivity index (χ2v) is 6.54. The van der Waals surface area contributed by atoms with Crippen LogP contribution in [0.5, 0.6) is 0 Å². The topological polar surface area (TPSA) is 76.0 Å². The zero-order chi connectivity index (χ0) is 17.0. The Morgan fingerprint density at radius 2 is 2.09 bits per heavy atom. The molecule has 0 bridgehead atoms. The molecule has 0 radical (unpaired) electrons. The van der Waals surface area contributed by atoms with E-state index >= 15 is 0 Å². The average Bonchev–Trinajstić information content (AvgIpc) is 3.06. The number of rotatable bonds is 6. The SMILES string of the molecule is Cc1cc(C(=O)NCCC(=O)NC(C)C)c(C)n1-c1nccs1. The van der Waals surface area contributed by atoms with E-state index in [1.54, 1.807) is 6.20 Å². The molecule has 124 valence electrons. The predicted molar refractivity (Wildman–Crippen MR) is 91.1 cm³/mol. The van der Waals surface area contributed by atoms with Crippen molar-refractivity contribution in [1.82, 2.24) is 20.2 Å². The molecular formula is C16H22N4O2S. The van der Waals surface area contributed by atoms with E-state index in [-0.39, 0.29) is 24.3 Å². The van der Waals surface area contributed by atoms with Gasteiger partial charge in [-0.1, -0.05) is 0 Å². The Bertz CT molecular complexity index is 689. The first-order valence-corrected chi connectivity index (χ1v) is 8.44. The number of aromatic nitrogens is 2. The number of thiazole rings is 1. The summed E-state index contributed by atoms with van der Waals surface area (Å²) in [6.45, 7) is 7.97. The monoisotopic (exact) mass is 334 g/mol. The van der Waals surface area contributed by atoms with Gasteiger partial charge in [0.1, 0.15) is 0 Å². The summed E-state index contributed by atoms with van der Waals surface area (Å²) in [5, 5.41) is 8.34. The predicted octanol–water partition coefficient (Wildman–Crippen LogP) is 2.20. The lowest BCUT2D eigenvalue weighted by Gasteiger charge is -2.09. The molecule has 2 heterocycles. The first-order chi connectivity index (χ1) is 10.9. The highest BCUT2D eigenvalue weighted by Crippen LogP contribution is 2.22. The largest absolute Gasteiger partial charge is 0.354 e. The molecule has 6 nitrogen and oxygen atoms in total. The van der Waals surface area contributed by atoms with Crippen LogP contribution in [0.4, 0.5) is 0 Å². The molecule has 0 aliphatic rings. The fraction of sp³-hybridized carbons (Fsp3) is 0.438. The fourth-order valence-electron chi connectivity index (χ4n) is 2.39. The number of amides is 2. The van der Waals surface area contributed by atoms with Crippen LogP contribution in [0, 0.1) is 13.8 Å². The second-order valence-electron chi connectivity index (χ2n) is 5.66. The van der Waals surface area contributed by atoms with Gasteiger partial charge in [0.25, 0.3) is 5.91 Å². The number of hydrogen-bond acceptors (Lipinski definition) is 4. The van der Waals surface area contributed by atoms with Crippen LogP contribution in [0.1, 0.15) is 42.0 Å². The molecule has 2 N–H and O–H groups in total. The molecule has 0 atom stereocenters. The Hall–Kier alpha value is -2.15. The molecule has 0 unspecified atom stereocenters. The van der Waals surface area contributed by atoms with Crippen LogP contribution in [-0.4, -0.2) is 34.0 Å². The van der Waals surface area contributed by atoms with E-state index in [1.165, 1.54) is 11.3 Å². The lowest BCUT2D eigenvalue weighted by Crippen LogP contribution is -2.34. The number of aryl methyl sites for hydroxylation is 1. The third-order valence-electron chi connectivity index (χ3n) is 3.37. The summed E-state index contributed by atoms with van der Waals surface area (Å²) in [6, 6.07) is 1.95. The average molecular weight is 334 g/mol. The lowest BCUT2D eigenvalue weighted by atomic mass is 10.2. The van der Waals surface area contributed by atoms with E-state index < -0.39 is 0 Å². The van der Waals surface area contributed by atoms with E-state index in [0.29, 0.717) is 12.1 Å². The van der Waals surface area contributed by atoms with E-state index in [2.05, 4.69) is 15.6 Å².